The third-order valence-corrected chi connectivity index (χ3v) is 8.22. The molecule has 35 heavy (non-hydrogen) atoms. The average Bonchev–Trinajstić information content (AvgIpc) is 2.87. The van der Waals surface area contributed by atoms with E-state index >= 15 is 0 Å². The lowest BCUT2D eigenvalue weighted by Crippen LogP contribution is -2.33. The number of hydrogen-bond donors (Lipinski definition) is 1. The number of halogens is 1. The van der Waals surface area contributed by atoms with Gasteiger partial charge in [0.15, 0.2) is 0 Å². The number of aryl methyl sites for hydroxylation is 1. The number of methoxy groups -OCH3 is 1. The topological polar surface area (TPSA) is 75.7 Å². The van der Waals surface area contributed by atoms with Gasteiger partial charge in [0.05, 0.1) is 40.9 Å². The van der Waals surface area contributed by atoms with Crippen molar-refractivity contribution in [3.05, 3.63) is 101 Å². The summed E-state index contributed by atoms with van der Waals surface area (Å²) in [5.41, 5.74) is 2.87. The van der Waals surface area contributed by atoms with Crippen LogP contribution in [0.5, 0.6) is 5.75 Å². The van der Waals surface area contributed by atoms with Crippen LogP contribution in [0, 0.1) is 0 Å². The molecule has 0 radical (unpaired) electrons. The molecule has 0 bridgehead atoms. The molecule has 0 unspecified atom stereocenters. The molecular weight excluding hydrogens is 484 g/mol. The summed E-state index contributed by atoms with van der Waals surface area (Å²) in [6, 6.07) is 18.7. The zero-order chi connectivity index (χ0) is 25.0. The van der Waals surface area contributed by atoms with Crippen LogP contribution in [0.4, 0.5) is 5.69 Å². The van der Waals surface area contributed by atoms with E-state index in [1.165, 1.54) is 34.1 Å². The highest BCUT2D eigenvalue weighted by Crippen LogP contribution is 2.31. The third-order valence-electron chi connectivity index (χ3n) is 6.10. The van der Waals surface area contributed by atoms with Crippen LogP contribution in [-0.4, -0.2) is 28.0 Å². The predicted molar refractivity (Wildman–Crippen MR) is 139 cm³/mol. The maximum Gasteiger partial charge on any atom is 0.264 e. The molecule has 4 rings (SSSR count). The number of nitrogens with zero attached hydrogens (tertiary/aromatic N) is 1. The molecular formula is C27H27ClN2O4S. The number of ether oxygens (including phenoxy) is 1. The Labute approximate surface area is 211 Å². The highest BCUT2D eigenvalue weighted by molar-refractivity contribution is 7.92. The quantitative estimate of drug-likeness (QED) is 0.404. The Morgan fingerprint density at radius 3 is 2.63 bits per heavy atom. The van der Waals surface area contributed by atoms with Crippen molar-refractivity contribution in [1.82, 2.24) is 5.32 Å². The van der Waals surface area contributed by atoms with Gasteiger partial charge in [-0.25, -0.2) is 8.42 Å². The Balaban J connectivity index is 1.64. The van der Waals surface area contributed by atoms with Crippen molar-refractivity contribution < 1.29 is 17.9 Å². The molecule has 1 amide bonds. The molecule has 8 heteroatoms. The summed E-state index contributed by atoms with van der Waals surface area (Å²) in [6.45, 7) is 3.75. The van der Waals surface area contributed by atoms with E-state index in [2.05, 4.69) is 18.0 Å². The molecule has 3 aromatic carbocycles. The number of anilines is 1. The van der Waals surface area contributed by atoms with Gasteiger partial charge in [0.25, 0.3) is 15.9 Å². The van der Waals surface area contributed by atoms with E-state index in [0.717, 1.165) is 24.8 Å². The fourth-order valence-corrected chi connectivity index (χ4v) is 5.98. The van der Waals surface area contributed by atoms with Crippen LogP contribution >= 0.6 is 11.6 Å². The zero-order valence-electron chi connectivity index (χ0n) is 19.4. The van der Waals surface area contributed by atoms with Crippen LogP contribution in [-0.2, 0) is 16.4 Å². The number of sulfonamides is 1. The smallest absolute Gasteiger partial charge is 0.264 e. The van der Waals surface area contributed by atoms with Crippen molar-refractivity contribution in [3.63, 3.8) is 0 Å². The second kappa shape index (κ2) is 10.5. The number of carbonyl (C=O) groups is 1. The van der Waals surface area contributed by atoms with E-state index in [1.807, 2.05) is 18.2 Å². The number of rotatable bonds is 8. The van der Waals surface area contributed by atoms with E-state index in [4.69, 9.17) is 16.3 Å². The molecule has 0 aromatic heterocycles. The van der Waals surface area contributed by atoms with Crippen molar-refractivity contribution in [3.8, 4) is 5.75 Å². The molecule has 1 aliphatic rings. The summed E-state index contributed by atoms with van der Waals surface area (Å²) in [7, 11) is -2.47. The molecule has 0 spiro atoms. The minimum Gasteiger partial charge on any atom is -0.497 e. The molecule has 0 saturated carbocycles. The zero-order valence-corrected chi connectivity index (χ0v) is 21.0. The predicted octanol–water partition coefficient (Wildman–Crippen LogP) is 5.54. The van der Waals surface area contributed by atoms with Crippen molar-refractivity contribution in [2.75, 3.05) is 18.0 Å². The molecule has 1 N–H and O–H groups in total. The highest BCUT2D eigenvalue weighted by atomic mass is 35.5. The number of hydrogen-bond acceptors (Lipinski definition) is 4. The molecule has 0 fully saturated rings. The second-order valence-corrected chi connectivity index (χ2v) is 10.6. The molecule has 1 aliphatic carbocycles. The van der Waals surface area contributed by atoms with Gasteiger partial charge < -0.3 is 10.1 Å². The first-order valence-corrected chi connectivity index (χ1v) is 13.1. The molecule has 6 nitrogen and oxygen atoms in total. The Hall–Kier alpha value is -3.29. The number of carbonyl (C=O) groups excluding carboxylic acids is 1. The molecule has 3 aromatic rings. The largest absolute Gasteiger partial charge is 0.497 e. The van der Waals surface area contributed by atoms with Crippen molar-refractivity contribution in [2.45, 2.75) is 30.2 Å². The minimum atomic E-state index is -4.01. The molecule has 0 heterocycles. The number of fused-ring (bicyclic) bond motifs is 1. The summed E-state index contributed by atoms with van der Waals surface area (Å²) in [5, 5.41) is 3.23. The number of benzene rings is 3. The standard InChI is InChI=1S/C27H27ClN2O4S/c1-3-17-30(20-11-13-21(34-2)14-12-20)35(32,33)22-15-16-25(28)24(18-22)27(31)29-26-10-6-8-19-7-4-5-9-23(19)26/h3-5,7,9,11-16,18,26H,1,6,8,10,17H2,2H3,(H,29,31)/t26-/m0/s1. The van der Waals surface area contributed by atoms with E-state index in [-0.39, 0.29) is 28.1 Å². The lowest BCUT2D eigenvalue weighted by atomic mass is 9.87. The number of amides is 1. The van der Waals surface area contributed by atoms with E-state index in [9.17, 15) is 13.2 Å². The van der Waals surface area contributed by atoms with Crippen molar-refractivity contribution >= 4 is 33.2 Å². The second-order valence-electron chi connectivity index (χ2n) is 8.28. The van der Waals surface area contributed by atoms with Crippen LogP contribution in [0.3, 0.4) is 0 Å². The Morgan fingerprint density at radius 2 is 1.91 bits per heavy atom. The van der Waals surface area contributed by atoms with Gasteiger partial charge in [0, 0.05) is 0 Å². The Bertz CT molecular complexity index is 1340. The summed E-state index contributed by atoms with van der Waals surface area (Å²) in [6.07, 6.45) is 4.25. The Morgan fingerprint density at radius 1 is 1.17 bits per heavy atom. The van der Waals surface area contributed by atoms with Gasteiger partial charge in [-0.2, -0.15) is 0 Å². The van der Waals surface area contributed by atoms with Gasteiger partial charge in [-0.3, -0.25) is 9.10 Å². The third kappa shape index (κ3) is 5.21. The van der Waals surface area contributed by atoms with Crippen molar-refractivity contribution in [2.24, 2.45) is 0 Å². The van der Waals surface area contributed by atoms with Gasteiger partial charge >= 0.3 is 0 Å². The average molecular weight is 511 g/mol. The molecule has 1 atom stereocenters. The van der Waals surface area contributed by atoms with Gasteiger partial charge in [-0.05, 0) is 72.9 Å². The van der Waals surface area contributed by atoms with E-state index in [0.29, 0.717) is 11.4 Å². The minimum absolute atomic E-state index is 0.0336. The summed E-state index contributed by atoms with van der Waals surface area (Å²) < 4.78 is 33.6. The SMILES string of the molecule is C=CCN(c1ccc(OC)cc1)S(=O)(=O)c1ccc(Cl)c(C(=O)N[C@H]2CCCc3ccccc32)c1. The fraction of sp³-hybridized carbons (Fsp3) is 0.222. The molecule has 0 aliphatic heterocycles. The maximum atomic E-state index is 13.6. The van der Waals surface area contributed by atoms with Crippen LogP contribution < -0.4 is 14.4 Å². The van der Waals surface area contributed by atoms with Gasteiger partial charge in [0.1, 0.15) is 5.75 Å². The van der Waals surface area contributed by atoms with Crippen LogP contribution in [0.2, 0.25) is 5.02 Å². The maximum absolute atomic E-state index is 13.6. The first kappa shape index (κ1) is 24.8. The summed E-state index contributed by atoms with van der Waals surface area (Å²) in [4.78, 5) is 13.2. The lowest BCUT2D eigenvalue weighted by molar-refractivity contribution is 0.0932. The summed E-state index contributed by atoms with van der Waals surface area (Å²) >= 11 is 6.35. The molecule has 0 saturated heterocycles. The first-order chi connectivity index (χ1) is 16.8. The monoisotopic (exact) mass is 510 g/mol. The van der Waals surface area contributed by atoms with Crippen LogP contribution in [0.15, 0.2) is 84.3 Å². The lowest BCUT2D eigenvalue weighted by Gasteiger charge is -2.27. The van der Waals surface area contributed by atoms with Crippen LogP contribution in [0.25, 0.3) is 0 Å². The number of nitrogens with one attached hydrogen (secondary N) is 1. The highest BCUT2D eigenvalue weighted by Gasteiger charge is 2.27. The van der Waals surface area contributed by atoms with Gasteiger partial charge in [-0.15, -0.1) is 6.58 Å². The van der Waals surface area contributed by atoms with Crippen LogP contribution in [0.1, 0.15) is 40.4 Å². The molecule has 182 valence electrons. The fourth-order valence-electron chi connectivity index (χ4n) is 4.31. The summed E-state index contributed by atoms with van der Waals surface area (Å²) in [5.74, 6) is 0.202. The van der Waals surface area contributed by atoms with E-state index < -0.39 is 15.9 Å². The van der Waals surface area contributed by atoms with E-state index in [1.54, 1.807) is 31.4 Å². The van der Waals surface area contributed by atoms with Gasteiger partial charge in [-0.1, -0.05) is 41.9 Å². The first-order valence-electron chi connectivity index (χ1n) is 11.3. The normalized spacial score (nSPS) is 15.1. The Kier molecular flexibility index (Phi) is 7.48. The van der Waals surface area contributed by atoms with Crippen molar-refractivity contribution in [1.29, 1.82) is 0 Å². The van der Waals surface area contributed by atoms with Gasteiger partial charge in [0.2, 0.25) is 0 Å².